The summed E-state index contributed by atoms with van der Waals surface area (Å²) < 4.78 is 0. The maximum Gasteiger partial charge on any atom is 0.115 e. The lowest BCUT2D eigenvalue weighted by Gasteiger charge is -2.04. The molecule has 3 heteroatoms. The average Bonchev–Trinajstić information content (AvgIpc) is 2.44. The molecule has 0 aliphatic rings. The van der Waals surface area contributed by atoms with Crippen molar-refractivity contribution in [2.75, 3.05) is 13.6 Å². The number of aromatic nitrogens is 2. The summed E-state index contributed by atoms with van der Waals surface area (Å²) in [7, 11) is 1.96. The second kappa shape index (κ2) is 6.87. The van der Waals surface area contributed by atoms with E-state index in [0.29, 0.717) is 0 Å². The number of hydrogen-bond acceptors (Lipinski definition) is 3. The fourth-order valence-corrected chi connectivity index (χ4v) is 1.89. The lowest BCUT2D eigenvalue weighted by molar-refractivity contribution is 0.767. The van der Waals surface area contributed by atoms with E-state index in [9.17, 15) is 0 Å². The predicted octanol–water partition coefficient (Wildman–Crippen LogP) is 2.02. The van der Waals surface area contributed by atoms with Crippen molar-refractivity contribution in [3.8, 4) is 0 Å². The largest absolute Gasteiger partial charge is 0.319 e. The maximum atomic E-state index is 4.33. The topological polar surface area (TPSA) is 37.8 Å². The second-order valence-electron chi connectivity index (χ2n) is 4.34. The molecule has 1 N–H and O–H groups in total. The van der Waals surface area contributed by atoms with Gasteiger partial charge in [-0.15, -0.1) is 0 Å². The van der Waals surface area contributed by atoms with Crippen molar-refractivity contribution < 1.29 is 0 Å². The Bertz CT molecular complexity index is 468. The fraction of sp³-hybridized carbons (Fsp3) is 0.333. The number of aryl methyl sites for hydroxylation is 2. The Morgan fingerprint density at radius 1 is 0.944 bits per heavy atom. The molecule has 94 valence electrons. The van der Waals surface area contributed by atoms with Gasteiger partial charge >= 0.3 is 0 Å². The lowest BCUT2D eigenvalue weighted by atomic mass is 10.1. The molecular weight excluding hydrogens is 222 g/mol. The minimum absolute atomic E-state index is 0.954. The molecule has 0 bridgehead atoms. The van der Waals surface area contributed by atoms with Crippen LogP contribution in [0.25, 0.3) is 0 Å². The molecular formula is C15H19N3. The van der Waals surface area contributed by atoms with Crippen LogP contribution in [0.1, 0.15) is 17.0 Å². The number of nitrogens with one attached hydrogen (secondary N) is 1. The standard InChI is InChI=1S/C15H19N3/c1-16-10-9-15-11-14(17-12-18-15)8-7-13-5-3-2-4-6-13/h2-6,11-12,16H,7-10H2,1H3. The molecule has 18 heavy (non-hydrogen) atoms. The summed E-state index contributed by atoms with van der Waals surface area (Å²) in [5, 5.41) is 3.13. The third-order valence-corrected chi connectivity index (χ3v) is 2.92. The Balaban J connectivity index is 1.93. The van der Waals surface area contributed by atoms with Crippen LogP contribution in [0.15, 0.2) is 42.7 Å². The highest BCUT2D eigenvalue weighted by Crippen LogP contribution is 2.06. The van der Waals surface area contributed by atoms with E-state index in [1.807, 2.05) is 13.1 Å². The van der Waals surface area contributed by atoms with E-state index >= 15 is 0 Å². The highest BCUT2D eigenvalue weighted by Gasteiger charge is 2.00. The molecule has 2 aromatic rings. The van der Waals surface area contributed by atoms with Crippen LogP contribution in [-0.2, 0) is 19.3 Å². The SMILES string of the molecule is CNCCc1cc(CCc2ccccc2)ncn1. The van der Waals surface area contributed by atoms with Crippen molar-refractivity contribution in [2.45, 2.75) is 19.3 Å². The molecule has 3 nitrogen and oxygen atoms in total. The lowest BCUT2D eigenvalue weighted by Crippen LogP contribution is -2.11. The number of rotatable bonds is 6. The van der Waals surface area contributed by atoms with Crippen molar-refractivity contribution >= 4 is 0 Å². The molecule has 0 spiro atoms. The Labute approximate surface area is 108 Å². The first-order chi connectivity index (χ1) is 8.88. The summed E-state index contributed by atoms with van der Waals surface area (Å²) in [5.41, 5.74) is 3.59. The van der Waals surface area contributed by atoms with Gasteiger partial charge in [0.05, 0.1) is 0 Å². The molecule has 0 unspecified atom stereocenters. The summed E-state index contributed by atoms with van der Waals surface area (Å²) in [6.07, 6.45) is 4.63. The monoisotopic (exact) mass is 241 g/mol. The van der Waals surface area contributed by atoms with Crippen molar-refractivity contribution in [2.24, 2.45) is 0 Å². The normalized spacial score (nSPS) is 10.5. The summed E-state index contributed by atoms with van der Waals surface area (Å²) in [4.78, 5) is 8.61. The number of hydrogen-bond donors (Lipinski definition) is 1. The Morgan fingerprint density at radius 3 is 2.39 bits per heavy atom. The maximum absolute atomic E-state index is 4.33. The number of benzene rings is 1. The first kappa shape index (κ1) is 12.7. The van der Waals surface area contributed by atoms with Crippen molar-refractivity contribution in [1.29, 1.82) is 0 Å². The molecule has 1 aromatic heterocycles. The quantitative estimate of drug-likeness (QED) is 0.841. The summed E-state index contributed by atoms with van der Waals surface area (Å²) in [5.74, 6) is 0. The Morgan fingerprint density at radius 2 is 1.67 bits per heavy atom. The van der Waals surface area contributed by atoms with Gasteiger partial charge in [0.15, 0.2) is 0 Å². The van der Waals surface area contributed by atoms with Crippen molar-refractivity contribution in [1.82, 2.24) is 15.3 Å². The highest BCUT2D eigenvalue weighted by molar-refractivity contribution is 5.17. The van der Waals surface area contributed by atoms with Crippen LogP contribution in [0.4, 0.5) is 0 Å². The van der Waals surface area contributed by atoms with Crippen molar-refractivity contribution in [3.63, 3.8) is 0 Å². The molecule has 0 saturated heterocycles. The van der Waals surface area contributed by atoms with Crippen LogP contribution < -0.4 is 5.32 Å². The average molecular weight is 241 g/mol. The van der Waals surface area contributed by atoms with Crippen LogP contribution >= 0.6 is 0 Å². The number of nitrogens with zero attached hydrogens (tertiary/aromatic N) is 2. The predicted molar refractivity (Wildman–Crippen MR) is 73.5 cm³/mol. The first-order valence-electron chi connectivity index (χ1n) is 6.37. The summed E-state index contributed by atoms with van der Waals surface area (Å²) >= 11 is 0. The second-order valence-corrected chi connectivity index (χ2v) is 4.34. The minimum Gasteiger partial charge on any atom is -0.319 e. The zero-order chi connectivity index (χ0) is 12.6. The van der Waals surface area contributed by atoms with Crippen LogP contribution in [0.5, 0.6) is 0 Å². The smallest absolute Gasteiger partial charge is 0.115 e. The third kappa shape index (κ3) is 3.93. The molecule has 0 fully saturated rings. The van der Waals surface area contributed by atoms with Gasteiger partial charge in [-0.1, -0.05) is 30.3 Å². The zero-order valence-corrected chi connectivity index (χ0v) is 10.8. The van der Waals surface area contributed by atoms with Gasteiger partial charge in [-0.2, -0.15) is 0 Å². The molecule has 0 amide bonds. The van der Waals surface area contributed by atoms with Gasteiger partial charge < -0.3 is 5.32 Å². The molecule has 0 radical (unpaired) electrons. The van der Waals surface area contributed by atoms with Gasteiger partial charge in [0.1, 0.15) is 6.33 Å². The van der Waals surface area contributed by atoms with Gasteiger partial charge in [0, 0.05) is 24.4 Å². The van der Waals surface area contributed by atoms with Crippen molar-refractivity contribution in [3.05, 3.63) is 59.7 Å². The van der Waals surface area contributed by atoms with E-state index in [1.165, 1.54) is 5.56 Å². The Kier molecular flexibility index (Phi) is 4.85. The fourth-order valence-electron chi connectivity index (χ4n) is 1.89. The molecule has 1 aromatic carbocycles. The molecule has 2 rings (SSSR count). The van der Waals surface area contributed by atoms with Crippen LogP contribution in [-0.4, -0.2) is 23.6 Å². The summed E-state index contributed by atoms with van der Waals surface area (Å²) in [6.45, 7) is 0.954. The molecule has 0 aliphatic carbocycles. The van der Waals surface area contributed by atoms with E-state index in [4.69, 9.17) is 0 Å². The highest BCUT2D eigenvalue weighted by atomic mass is 14.9. The third-order valence-electron chi connectivity index (χ3n) is 2.92. The first-order valence-corrected chi connectivity index (χ1v) is 6.37. The molecule has 0 aliphatic heterocycles. The molecule has 1 heterocycles. The number of likely N-dealkylation sites (N-methyl/N-ethyl adjacent to an activating group) is 1. The van der Waals surface area contributed by atoms with E-state index in [1.54, 1.807) is 6.33 Å². The zero-order valence-electron chi connectivity index (χ0n) is 10.8. The van der Waals surface area contributed by atoms with E-state index < -0.39 is 0 Å². The van der Waals surface area contributed by atoms with Crippen LogP contribution in [0.3, 0.4) is 0 Å². The summed E-state index contributed by atoms with van der Waals surface area (Å²) in [6, 6.07) is 12.6. The minimum atomic E-state index is 0.954. The Hall–Kier alpha value is -1.74. The van der Waals surface area contributed by atoms with Gasteiger partial charge in [0.2, 0.25) is 0 Å². The van der Waals surface area contributed by atoms with Gasteiger partial charge in [0.25, 0.3) is 0 Å². The van der Waals surface area contributed by atoms with E-state index in [2.05, 4.69) is 45.6 Å². The van der Waals surface area contributed by atoms with Gasteiger partial charge in [-0.25, -0.2) is 9.97 Å². The van der Waals surface area contributed by atoms with E-state index in [0.717, 1.165) is 37.2 Å². The van der Waals surface area contributed by atoms with Crippen LogP contribution in [0, 0.1) is 0 Å². The van der Waals surface area contributed by atoms with Gasteiger partial charge in [-0.05, 0) is 31.5 Å². The van der Waals surface area contributed by atoms with Crippen LogP contribution in [0.2, 0.25) is 0 Å². The van der Waals surface area contributed by atoms with E-state index in [-0.39, 0.29) is 0 Å². The molecule has 0 saturated carbocycles. The van der Waals surface area contributed by atoms with Gasteiger partial charge in [-0.3, -0.25) is 0 Å². The molecule has 0 atom stereocenters.